The molecule has 0 saturated carbocycles. The standard InChI is InChI=1S/BF3HO2P.Li.H/c2-1(5)7(3,4)6;;/h5H;;/q;+1;-1. The molecule has 0 fully saturated rings. The van der Waals surface area contributed by atoms with Crippen LogP contribution in [0.15, 0.2) is 0 Å². The largest absolute Gasteiger partial charge is 1.00 e. The molecule has 0 aromatic heterocycles. The minimum absolute atomic E-state index is 0. The maximum Gasteiger partial charge on any atom is 1.00 e. The molecule has 1 N–H and O–H groups in total. The predicted molar refractivity (Wildman–Crippen MR) is 20.0 cm³/mol. The first-order valence-corrected chi connectivity index (χ1v) is 2.81. The molecule has 0 atom stereocenters. The van der Waals surface area contributed by atoms with Crippen LogP contribution >= 0.6 is 7.64 Å². The SMILES string of the molecule is O=P(F)(F)B(O)F.[H-].[Li+]. The zero-order valence-electron chi connectivity index (χ0n) is 5.01. The second-order valence-corrected chi connectivity index (χ2v) is 2.24. The van der Waals surface area contributed by atoms with Gasteiger partial charge in [-0.2, -0.15) is 8.39 Å². The van der Waals surface area contributed by atoms with Crippen molar-refractivity contribution in [3.8, 4) is 0 Å². The Bertz CT molecular complexity index is 104. The van der Waals surface area contributed by atoms with Gasteiger partial charge >= 0.3 is 33.4 Å². The van der Waals surface area contributed by atoms with E-state index in [1.165, 1.54) is 0 Å². The van der Waals surface area contributed by atoms with Crippen molar-refractivity contribution in [1.82, 2.24) is 0 Å². The number of halogens is 3. The van der Waals surface area contributed by atoms with Crippen molar-refractivity contribution in [3.05, 3.63) is 0 Å². The average molecular weight is 140 g/mol. The zero-order valence-corrected chi connectivity index (χ0v) is 4.91. The smallest absolute Gasteiger partial charge is 1.00 e. The van der Waals surface area contributed by atoms with E-state index in [1.807, 2.05) is 0 Å². The molecule has 0 aliphatic carbocycles. The van der Waals surface area contributed by atoms with Crippen molar-refractivity contribution >= 4 is 14.6 Å². The quantitative estimate of drug-likeness (QED) is 0.343. The minimum Gasteiger partial charge on any atom is -1.00 e. The summed E-state index contributed by atoms with van der Waals surface area (Å²) in [6.45, 7) is -3.48. The van der Waals surface area contributed by atoms with E-state index in [0.717, 1.165) is 0 Å². The van der Waals surface area contributed by atoms with Gasteiger partial charge in [0.1, 0.15) is 0 Å². The van der Waals surface area contributed by atoms with Gasteiger partial charge in [0.15, 0.2) is 0 Å². The van der Waals surface area contributed by atoms with Crippen molar-refractivity contribution < 1.29 is 42.6 Å². The van der Waals surface area contributed by atoms with Crippen LogP contribution in [0.1, 0.15) is 1.43 Å². The van der Waals surface area contributed by atoms with Gasteiger partial charge in [-0.05, 0) is 0 Å². The van der Waals surface area contributed by atoms with Gasteiger partial charge in [-0.1, -0.05) is 0 Å². The second kappa shape index (κ2) is 3.63. The summed E-state index contributed by atoms with van der Waals surface area (Å²) in [4.78, 5) is 0. The van der Waals surface area contributed by atoms with E-state index in [9.17, 15) is 12.7 Å². The van der Waals surface area contributed by atoms with Crippen LogP contribution in [-0.2, 0) is 4.57 Å². The molecule has 0 aliphatic heterocycles. The molecule has 0 radical (unpaired) electrons. The fourth-order valence-electron chi connectivity index (χ4n) is 0. The fraction of sp³-hybridized carbons (Fsp3) is 0. The summed E-state index contributed by atoms with van der Waals surface area (Å²) in [7, 11) is -5.85. The first-order chi connectivity index (χ1) is 2.94. The predicted octanol–water partition coefficient (Wildman–Crippen LogP) is -1.82. The van der Waals surface area contributed by atoms with E-state index in [2.05, 4.69) is 0 Å². The molecule has 8 heteroatoms. The van der Waals surface area contributed by atoms with Gasteiger partial charge in [-0.3, -0.25) is 8.88 Å². The summed E-state index contributed by atoms with van der Waals surface area (Å²) in [5.74, 6) is 0. The van der Waals surface area contributed by atoms with E-state index in [-0.39, 0.29) is 20.3 Å². The molecule has 0 heterocycles. The maximum atomic E-state index is 10.8. The van der Waals surface area contributed by atoms with Crippen LogP contribution < -0.4 is 18.9 Å². The Kier molecular flexibility index (Phi) is 5.19. The molecule has 0 amide bonds. The van der Waals surface area contributed by atoms with Gasteiger partial charge in [0.05, 0.1) is 0 Å². The van der Waals surface area contributed by atoms with E-state index < -0.39 is 14.6 Å². The second-order valence-electron chi connectivity index (χ2n) is 0.813. The Morgan fingerprint density at radius 2 is 1.75 bits per heavy atom. The third-order valence-electron chi connectivity index (χ3n) is 0.248. The molecule has 0 aromatic carbocycles. The summed E-state index contributed by atoms with van der Waals surface area (Å²) >= 11 is 0. The molecule has 0 spiro atoms. The summed E-state index contributed by atoms with van der Waals surface area (Å²) < 4.78 is 41.3. The third-order valence-corrected chi connectivity index (χ3v) is 0.744. The third kappa shape index (κ3) is 4.79. The summed E-state index contributed by atoms with van der Waals surface area (Å²) in [5.41, 5.74) is 0. The summed E-state index contributed by atoms with van der Waals surface area (Å²) in [6.07, 6.45) is 0. The van der Waals surface area contributed by atoms with Crippen LogP contribution in [0.2, 0.25) is 0 Å². The van der Waals surface area contributed by atoms with E-state index in [4.69, 9.17) is 9.59 Å². The fourth-order valence-corrected chi connectivity index (χ4v) is 0. The molecule has 0 aromatic rings. The molecule has 0 unspecified atom stereocenters. The van der Waals surface area contributed by atoms with E-state index in [0.29, 0.717) is 0 Å². The van der Waals surface area contributed by atoms with Crippen LogP contribution in [0.4, 0.5) is 12.7 Å². The van der Waals surface area contributed by atoms with Crippen molar-refractivity contribution in [2.45, 2.75) is 0 Å². The van der Waals surface area contributed by atoms with Gasteiger partial charge in [-0.15, -0.1) is 0 Å². The average Bonchev–Trinajstić information content (AvgIpc) is 1.31. The molecule has 0 saturated heterocycles. The Balaban J connectivity index is -0.000000180. The van der Waals surface area contributed by atoms with Gasteiger partial charge in [0.2, 0.25) is 0 Å². The molecule has 0 rings (SSSR count). The van der Waals surface area contributed by atoms with Crippen LogP contribution in [-0.4, -0.2) is 11.9 Å². The van der Waals surface area contributed by atoms with Gasteiger partial charge in [0, 0.05) is 0 Å². The molecule has 0 aliphatic rings. The Morgan fingerprint density at radius 3 is 1.75 bits per heavy atom. The number of hydrogen-bond acceptors (Lipinski definition) is 2. The Labute approximate surface area is 57.8 Å². The summed E-state index contributed by atoms with van der Waals surface area (Å²) in [5, 5.41) is 7.21. The zero-order chi connectivity index (χ0) is 6.08. The Morgan fingerprint density at radius 1 is 1.62 bits per heavy atom. The van der Waals surface area contributed by atoms with Crippen LogP contribution in [0.5, 0.6) is 0 Å². The monoisotopic (exact) mass is 140 g/mol. The normalized spacial score (nSPS) is 10.0. The molecule has 0 bridgehead atoms. The van der Waals surface area contributed by atoms with Crippen LogP contribution in [0.25, 0.3) is 0 Å². The van der Waals surface area contributed by atoms with Gasteiger partial charge in [0.25, 0.3) is 0 Å². The van der Waals surface area contributed by atoms with Crippen LogP contribution in [0.3, 0.4) is 0 Å². The first-order valence-electron chi connectivity index (χ1n) is 1.26. The topological polar surface area (TPSA) is 37.3 Å². The van der Waals surface area contributed by atoms with Gasteiger partial charge < -0.3 is 6.45 Å². The molecule has 44 valence electrons. The van der Waals surface area contributed by atoms with Crippen molar-refractivity contribution in [3.63, 3.8) is 0 Å². The summed E-state index contributed by atoms with van der Waals surface area (Å²) in [6, 6.07) is 0. The molecule has 2 nitrogen and oxygen atoms in total. The molecular weight excluding hydrogens is 138 g/mol. The van der Waals surface area contributed by atoms with Crippen LogP contribution in [0, 0.1) is 0 Å². The van der Waals surface area contributed by atoms with Crippen molar-refractivity contribution in [2.24, 2.45) is 0 Å². The Hall–Kier alpha value is 0.642. The first kappa shape index (κ1) is 11.4. The molecular formula is H2BF3LiO2P. The minimum atomic E-state index is -5.85. The van der Waals surface area contributed by atoms with E-state index >= 15 is 0 Å². The number of rotatable bonds is 1. The van der Waals surface area contributed by atoms with E-state index in [1.54, 1.807) is 0 Å². The number of hydrogen-bond donors (Lipinski definition) is 1. The molecule has 8 heavy (non-hydrogen) atoms. The van der Waals surface area contributed by atoms with Crippen molar-refractivity contribution in [1.29, 1.82) is 0 Å². The maximum absolute atomic E-state index is 10.8. The van der Waals surface area contributed by atoms with Crippen molar-refractivity contribution in [2.75, 3.05) is 0 Å². The van der Waals surface area contributed by atoms with Gasteiger partial charge in [-0.25, -0.2) is 0 Å².